The van der Waals surface area contributed by atoms with Crippen LogP contribution in [0.15, 0.2) is 30.3 Å². The monoisotopic (exact) mass is 234 g/mol. The number of hydrogen-bond acceptors (Lipinski definition) is 3. The van der Waals surface area contributed by atoms with Gasteiger partial charge in [-0.2, -0.15) is 0 Å². The summed E-state index contributed by atoms with van der Waals surface area (Å²) in [7, 11) is 2.21. The lowest BCUT2D eigenvalue weighted by atomic mass is 10.3. The first-order valence-electron chi connectivity index (χ1n) is 6.45. The zero-order valence-corrected chi connectivity index (χ0v) is 10.6. The number of nitrogens with zero attached hydrogens (tertiary/aromatic N) is 1. The Hall–Kier alpha value is -1.06. The summed E-state index contributed by atoms with van der Waals surface area (Å²) in [6, 6.07) is 10.8. The van der Waals surface area contributed by atoms with Crippen molar-refractivity contribution in [2.24, 2.45) is 0 Å². The lowest BCUT2D eigenvalue weighted by Crippen LogP contribution is -2.32. The maximum Gasteiger partial charge on any atom is 0.119 e. The van der Waals surface area contributed by atoms with E-state index >= 15 is 0 Å². The highest BCUT2D eigenvalue weighted by Gasteiger charge is 2.25. The standard InChI is InChI=1S/C14H22N2O/c1-16(13-7-8-13)11-9-15-10-12-17-14-5-3-2-4-6-14/h2-6,13,15H,7-12H2,1H3. The Balaban J connectivity index is 1.46. The molecular weight excluding hydrogens is 212 g/mol. The Morgan fingerprint density at radius 2 is 2.00 bits per heavy atom. The number of hydrogen-bond donors (Lipinski definition) is 1. The Kier molecular flexibility index (Phi) is 4.83. The van der Waals surface area contributed by atoms with Crippen LogP contribution < -0.4 is 10.1 Å². The van der Waals surface area contributed by atoms with Gasteiger partial charge in [-0.15, -0.1) is 0 Å². The smallest absolute Gasteiger partial charge is 0.119 e. The SMILES string of the molecule is CN(CCNCCOc1ccccc1)C1CC1. The predicted molar refractivity (Wildman–Crippen MR) is 70.5 cm³/mol. The molecule has 1 fully saturated rings. The molecule has 0 bridgehead atoms. The van der Waals surface area contributed by atoms with Crippen LogP contribution in [0.5, 0.6) is 5.75 Å². The van der Waals surface area contributed by atoms with Crippen LogP contribution >= 0.6 is 0 Å². The van der Waals surface area contributed by atoms with Gasteiger partial charge in [0.05, 0.1) is 0 Å². The van der Waals surface area contributed by atoms with E-state index in [1.807, 2.05) is 30.3 Å². The summed E-state index contributed by atoms with van der Waals surface area (Å²) in [4.78, 5) is 2.44. The van der Waals surface area contributed by atoms with Gasteiger partial charge in [0, 0.05) is 25.7 Å². The molecule has 0 radical (unpaired) electrons. The number of nitrogens with one attached hydrogen (secondary N) is 1. The summed E-state index contributed by atoms with van der Waals surface area (Å²) in [5.41, 5.74) is 0. The molecule has 0 aromatic heterocycles. The number of benzene rings is 1. The van der Waals surface area contributed by atoms with Crippen LogP contribution in [0.4, 0.5) is 0 Å². The van der Waals surface area contributed by atoms with E-state index in [0.717, 1.165) is 38.0 Å². The van der Waals surface area contributed by atoms with E-state index in [0.29, 0.717) is 0 Å². The van der Waals surface area contributed by atoms with Gasteiger partial charge >= 0.3 is 0 Å². The molecule has 3 nitrogen and oxygen atoms in total. The van der Waals surface area contributed by atoms with Crippen LogP contribution in [0.1, 0.15) is 12.8 Å². The Morgan fingerprint density at radius 3 is 2.71 bits per heavy atom. The second-order valence-corrected chi connectivity index (χ2v) is 4.62. The Bertz CT molecular complexity index is 311. The molecule has 17 heavy (non-hydrogen) atoms. The van der Waals surface area contributed by atoms with E-state index in [9.17, 15) is 0 Å². The van der Waals surface area contributed by atoms with Crippen molar-refractivity contribution in [3.63, 3.8) is 0 Å². The van der Waals surface area contributed by atoms with Gasteiger partial charge < -0.3 is 15.0 Å². The molecule has 3 heteroatoms. The van der Waals surface area contributed by atoms with E-state index in [1.165, 1.54) is 12.8 Å². The third kappa shape index (κ3) is 4.75. The van der Waals surface area contributed by atoms with Crippen LogP contribution in [0, 0.1) is 0 Å². The molecule has 1 aliphatic carbocycles. The molecule has 0 unspecified atom stereocenters. The number of para-hydroxylation sites is 1. The maximum atomic E-state index is 5.60. The third-order valence-corrected chi connectivity index (χ3v) is 3.10. The van der Waals surface area contributed by atoms with Crippen LogP contribution in [0.2, 0.25) is 0 Å². The van der Waals surface area contributed by atoms with Crippen molar-refractivity contribution in [3.05, 3.63) is 30.3 Å². The van der Waals surface area contributed by atoms with Gasteiger partial charge in [0.15, 0.2) is 0 Å². The van der Waals surface area contributed by atoms with Crippen molar-refractivity contribution in [1.82, 2.24) is 10.2 Å². The summed E-state index contributed by atoms with van der Waals surface area (Å²) in [6.45, 7) is 3.83. The first kappa shape index (κ1) is 12.4. The molecule has 94 valence electrons. The summed E-state index contributed by atoms with van der Waals surface area (Å²) < 4.78 is 5.60. The topological polar surface area (TPSA) is 24.5 Å². The van der Waals surface area contributed by atoms with Crippen molar-refractivity contribution in [2.75, 3.05) is 33.3 Å². The van der Waals surface area contributed by atoms with Crippen LogP contribution in [0.25, 0.3) is 0 Å². The fourth-order valence-corrected chi connectivity index (χ4v) is 1.84. The van der Waals surface area contributed by atoms with Gasteiger partial charge in [-0.05, 0) is 32.0 Å². The molecule has 2 rings (SSSR count). The zero-order valence-electron chi connectivity index (χ0n) is 10.6. The highest BCUT2D eigenvalue weighted by Crippen LogP contribution is 2.24. The van der Waals surface area contributed by atoms with Gasteiger partial charge in [-0.1, -0.05) is 18.2 Å². The van der Waals surface area contributed by atoms with Crippen LogP contribution in [0.3, 0.4) is 0 Å². The summed E-state index contributed by atoms with van der Waals surface area (Å²) >= 11 is 0. The molecule has 1 aliphatic rings. The fraction of sp³-hybridized carbons (Fsp3) is 0.571. The summed E-state index contributed by atoms with van der Waals surface area (Å²) in [5, 5.41) is 3.40. The van der Waals surface area contributed by atoms with Crippen molar-refractivity contribution in [1.29, 1.82) is 0 Å². The number of rotatable bonds is 8. The predicted octanol–water partition coefficient (Wildman–Crippen LogP) is 1.75. The first-order valence-corrected chi connectivity index (χ1v) is 6.45. The molecule has 0 saturated heterocycles. The lowest BCUT2D eigenvalue weighted by Gasteiger charge is -2.15. The molecule has 0 heterocycles. The molecule has 1 aromatic rings. The summed E-state index contributed by atoms with van der Waals surface area (Å²) in [5.74, 6) is 0.949. The van der Waals surface area contributed by atoms with Crippen molar-refractivity contribution in [2.45, 2.75) is 18.9 Å². The Labute approximate surface area is 104 Å². The average Bonchev–Trinajstić information content (AvgIpc) is 3.19. The minimum absolute atomic E-state index is 0.733. The fourth-order valence-electron chi connectivity index (χ4n) is 1.84. The maximum absolute atomic E-state index is 5.60. The third-order valence-electron chi connectivity index (χ3n) is 3.10. The van der Waals surface area contributed by atoms with Crippen LogP contribution in [-0.2, 0) is 0 Å². The number of likely N-dealkylation sites (N-methyl/N-ethyl adjacent to an activating group) is 1. The lowest BCUT2D eigenvalue weighted by molar-refractivity contribution is 0.295. The largest absolute Gasteiger partial charge is 0.492 e. The van der Waals surface area contributed by atoms with E-state index in [2.05, 4.69) is 17.3 Å². The van der Waals surface area contributed by atoms with Gasteiger partial charge in [0.25, 0.3) is 0 Å². The second kappa shape index (κ2) is 6.62. The minimum Gasteiger partial charge on any atom is -0.492 e. The molecule has 1 saturated carbocycles. The number of ether oxygens (including phenoxy) is 1. The normalized spacial score (nSPS) is 15.2. The van der Waals surface area contributed by atoms with Gasteiger partial charge in [-0.3, -0.25) is 0 Å². The zero-order chi connectivity index (χ0) is 11.9. The molecular formula is C14H22N2O. The van der Waals surface area contributed by atoms with Gasteiger partial charge in [0.2, 0.25) is 0 Å². The minimum atomic E-state index is 0.733. The highest BCUT2D eigenvalue weighted by atomic mass is 16.5. The second-order valence-electron chi connectivity index (χ2n) is 4.62. The van der Waals surface area contributed by atoms with Gasteiger partial charge in [-0.25, -0.2) is 0 Å². The van der Waals surface area contributed by atoms with Crippen LogP contribution in [-0.4, -0.2) is 44.2 Å². The Morgan fingerprint density at radius 1 is 1.24 bits per heavy atom. The molecule has 0 amide bonds. The molecule has 0 spiro atoms. The average molecular weight is 234 g/mol. The molecule has 0 atom stereocenters. The first-order chi connectivity index (χ1) is 8.36. The molecule has 1 N–H and O–H groups in total. The quantitative estimate of drug-likeness (QED) is 0.694. The van der Waals surface area contributed by atoms with E-state index in [4.69, 9.17) is 4.74 Å². The van der Waals surface area contributed by atoms with E-state index in [-0.39, 0.29) is 0 Å². The molecule has 0 aliphatic heterocycles. The summed E-state index contributed by atoms with van der Waals surface area (Å²) in [6.07, 6.45) is 2.77. The van der Waals surface area contributed by atoms with E-state index < -0.39 is 0 Å². The van der Waals surface area contributed by atoms with Gasteiger partial charge in [0.1, 0.15) is 12.4 Å². The molecule has 1 aromatic carbocycles. The van der Waals surface area contributed by atoms with E-state index in [1.54, 1.807) is 0 Å². The van der Waals surface area contributed by atoms with Crippen molar-refractivity contribution >= 4 is 0 Å². The van der Waals surface area contributed by atoms with Crippen molar-refractivity contribution in [3.8, 4) is 5.75 Å². The highest BCUT2D eigenvalue weighted by molar-refractivity contribution is 5.20. The van der Waals surface area contributed by atoms with Crippen molar-refractivity contribution < 1.29 is 4.74 Å².